The Morgan fingerprint density at radius 1 is 1.25 bits per heavy atom. The number of ether oxygens (including phenoxy) is 2. The fourth-order valence-corrected chi connectivity index (χ4v) is 1.99. The van der Waals surface area contributed by atoms with Gasteiger partial charge in [0.1, 0.15) is 15.0 Å². The fourth-order valence-electron chi connectivity index (χ4n) is 1.16. The van der Waals surface area contributed by atoms with Crippen LogP contribution in [-0.4, -0.2) is 24.4 Å². The van der Waals surface area contributed by atoms with E-state index in [1.54, 1.807) is 0 Å². The minimum absolute atomic E-state index is 0.226. The second-order valence-corrected chi connectivity index (χ2v) is 4.23. The fraction of sp³-hybridized carbons (Fsp3) is 0.333. The highest BCUT2D eigenvalue weighted by molar-refractivity contribution is 14.1. The summed E-state index contributed by atoms with van der Waals surface area (Å²) in [7, 11) is 0.902. The van der Waals surface area contributed by atoms with Gasteiger partial charge in [-0.1, -0.05) is 0 Å². The topological polar surface area (TPSA) is 48.4 Å². The van der Waals surface area contributed by atoms with Gasteiger partial charge in [-0.05, 0) is 22.6 Å². The van der Waals surface area contributed by atoms with Crippen LogP contribution < -0.4 is 4.74 Å². The average molecular weight is 415 g/mol. The van der Waals surface area contributed by atoms with Crippen molar-refractivity contribution in [3.05, 3.63) is 21.0 Å². The Morgan fingerprint density at radius 3 is 2.20 bits per heavy atom. The van der Waals surface area contributed by atoms with Gasteiger partial charge < -0.3 is 9.47 Å². The molecule has 0 aliphatic heterocycles. The first kappa shape index (κ1) is 16.8. The number of methoxy groups -OCH3 is 1. The number of pyridine rings is 1. The zero-order valence-electron chi connectivity index (χ0n) is 9.40. The first-order chi connectivity index (χ1) is 8.95. The highest BCUT2D eigenvalue weighted by atomic mass is 127. The number of hydrogen-bond acceptors (Lipinski definition) is 4. The third kappa shape index (κ3) is 4.11. The number of halogens is 7. The molecule has 0 radical (unpaired) electrons. The second kappa shape index (κ2) is 5.61. The van der Waals surface area contributed by atoms with E-state index in [9.17, 15) is 31.1 Å². The Labute approximate surface area is 121 Å². The van der Waals surface area contributed by atoms with Crippen molar-refractivity contribution in [2.24, 2.45) is 0 Å². The van der Waals surface area contributed by atoms with Crippen molar-refractivity contribution in [2.45, 2.75) is 12.5 Å². The zero-order chi connectivity index (χ0) is 15.7. The van der Waals surface area contributed by atoms with E-state index < -0.39 is 39.2 Å². The van der Waals surface area contributed by atoms with Crippen LogP contribution in [0.5, 0.6) is 5.75 Å². The van der Waals surface area contributed by atoms with Crippen molar-refractivity contribution in [3.63, 3.8) is 0 Å². The highest BCUT2D eigenvalue weighted by Crippen LogP contribution is 2.40. The molecule has 0 saturated heterocycles. The molecule has 0 saturated carbocycles. The lowest BCUT2D eigenvalue weighted by Crippen LogP contribution is -2.22. The number of rotatable bonds is 2. The van der Waals surface area contributed by atoms with Gasteiger partial charge >= 0.3 is 18.5 Å². The van der Waals surface area contributed by atoms with Crippen molar-refractivity contribution < 1.29 is 40.6 Å². The SMILES string of the molecule is COC(=O)c1cc(OC(F)(F)F)c(C(F)(F)F)c(I)n1. The minimum Gasteiger partial charge on any atom is -0.464 e. The summed E-state index contributed by atoms with van der Waals surface area (Å²) in [6.45, 7) is 0. The maximum atomic E-state index is 12.7. The van der Waals surface area contributed by atoms with Gasteiger partial charge in [-0.2, -0.15) is 13.2 Å². The summed E-state index contributed by atoms with van der Waals surface area (Å²) in [4.78, 5) is 14.4. The van der Waals surface area contributed by atoms with Crippen molar-refractivity contribution >= 4 is 28.6 Å². The maximum Gasteiger partial charge on any atom is 0.573 e. The van der Waals surface area contributed by atoms with Crippen LogP contribution in [0.15, 0.2) is 6.07 Å². The van der Waals surface area contributed by atoms with Gasteiger partial charge in [0.05, 0.1) is 7.11 Å². The first-order valence-corrected chi connectivity index (χ1v) is 5.65. The van der Waals surface area contributed by atoms with Crippen molar-refractivity contribution in [3.8, 4) is 5.75 Å². The number of hydrogen-bond donors (Lipinski definition) is 0. The molecule has 0 aliphatic carbocycles. The van der Waals surface area contributed by atoms with Gasteiger partial charge in [0.2, 0.25) is 0 Å². The standard InChI is InChI=1S/C9H4F6INO3/c1-19-7(18)3-2-4(20-9(13,14)15)5(6(16)17-3)8(10,11)12/h2H,1H3. The molecule has 0 spiro atoms. The van der Waals surface area contributed by atoms with Crippen molar-refractivity contribution in [1.29, 1.82) is 0 Å². The van der Waals surface area contributed by atoms with Gasteiger partial charge in [0.15, 0.2) is 5.69 Å². The summed E-state index contributed by atoms with van der Waals surface area (Å²) >= 11 is 1.05. The normalized spacial score (nSPS) is 12.2. The molecule has 20 heavy (non-hydrogen) atoms. The number of aromatic nitrogens is 1. The monoisotopic (exact) mass is 415 g/mol. The molecule has 4 nitrogen and oxygen atoms in total. The van der Waals surface area contributed by atoms with E-state index in [-0.39, 0.29) is 6.07 Å². The smallest absolute Gasteiger partial charge is 0.464 e. The molecule has 1 aromatic rings. The Hall–Kier alpha value is -1.27. The minimum atomic E-state index is -5.35. The summed E-state index contributed by atoms with van der Waals surface area (Å²) < 4.78 is 81.1. The molecule has 112 valence electrons. The molecular weight excluding hydrogens is 411 g/mol. The van der Waals surface area contributed by atoms with Gasteiger partial charge in [0, 0.05) is 6.07 Å². The lowest BCUT2D eigenvalue weighted by Gasteiger charge is -2.16. The number of alkyl halides is 6. The Bertz CT molecular complexity index is 528. The van der Waals surface area contributed by atoms with E-state index in [2.05, 4.69) is 14.5 Å². The van der Waals surface area contributed by atoms with Crippen LogP contribution >= 0.6 is 22.6 Å². The molecule has 1 rings (SSSR count). The van der Waals surface area contributed by atoms with Crippen LogP contribution in [0.2, 0.25) is 0 Å². The van der Waals surface area contributed by atoms with Crippen LogP contribution in [0.3, 0.4) is 0 Å². The molecule has 0 aromatic carbocycles. The van der Waals surface area contributed by atoms with Gasteiger partial charge in [0.25, 0.3) is 0 Å². The zero-order valence-corrected chi connectivity index (χ0v) is 11.6. The lowest BCUT2D eigenvalue weighted by molar-refractivity contribution is -0.276. The third-order valence-electron chi connectivity index (χ3n) is 1.84. The molecule has 0 N–H and O–H groups in total. The van der Waals surface area contributed by atoms with Crippen LogP contribution in [0.1, 0.15) is 16.1 Å². The molecule has 0 fully saturated rings. The van der Waals surface area contributed by atoms with E-state index >= 15 is 0 Å². The molecule has 1 aromatic heterocycles. The van der Waals surface area contributed by atoms with Crippen molar-refractivity contribution in [1.82, 2.24) is 4.98 Å². The van der Waals surface area contributed by atoms with E-state index in [1.807, 2.05) is 0 Å². The number of esters is 1. The second-order valence-electron chi connectivity index (χ2n) is 3.21. The Kier molecular flexibility index (Phi) is 4.71. The van der Waals surface area contributed by atoms with Crippen LogP contribution in [0, 0.1) is 3.70 Å². The number of nitrogens with zero attached hydrogens (tertiary/aromatic N) is 1. The molecule has 1 heterocycles. The Balaban J connectivity index is 3.48. The van der Waals surface area contributed by atoms with E-state index in [1.165, 1.54) is 0 Å². The van der Waals surface area contributed by atoms with Gasteiger partial charge in [-0.3, -0.25) is 0 Å². The first-order valence-electron chi connectivity index (χ1n) is 4.57. The third-order valence-corrected chi connectivity index (χ3v) is 2.62. The largest absolute Gasteiger partial charge is 0.573 e. The maximum absolute atomic E-state index is 12.7. The summed E-state index contributed by atoms with van der Waals surface area (Å²) in [5.41, 5.74) is -2.45. The highest BCUT2D eigenvalue weighted by Gasteiger charge is 2.42. The number of carbonyl (C=O) groups excluding carboxylic acids is 1. The molecule has 0 bridgehead atoms. The van der Waals surface area contributed by atoms with Crippen molar-refractivity contribution in [2.75, 3.05) is 7.11 Å². The summed E-state index contributed by atoms with van der Waals surface area (Å²) in [5.74, 6) is -2.76. The molecule has 0 atom stereocenters. The van der Waals surface area contributed by atoms with E-state index in [4.69, 9.17) is 0 Å². The summed E-state index contributed by atoms with van der Waals surface area (Å²) in [6.07, 6.45) is -10.5. The van der Waals surface area contributed by atoms with Crippen LogP contribution in [-0.2, 0) is 10.9 Å². The Morgan fingerprint density at radius 2 is 1.80 bits per heavy atom. The quantitative estimate of drug-likeness (QED) is 0.322. The lowest BCUT2D eigenvalue weighted by atomic mass is 10.2. The molecular formula is C9H4F6INO3. The predicted octanol–water partition coefficient (Wildman–Crippen LogP) is 3.39. The molecule has 0 amide bonds. The summed E-state index contributed by atoms with van der Waals surface area (Å²) in [6, 6.07) is 0.226. The molecule has 0 unspecified atom stereocenters. The van der Waals surface area contributed by atoms with E-state index in [0.717, 1.165) is 29.7 Å². The predicted molar refractivity (Wildman–Crippen MR) is 60.0 cm³/mol. The van der Waals surface area contributed by atoms with Gasteiger partial charge in [-0.15, -0.1) is 13.2 Å². The average Bonchev–Trinajstić information content (AvgIpc) is 2.22. The van der Waals surface area contributed by atoms with E-state index in [0.29, 0.717) is 0 Å². The number of carbonyl (C=O) groups is 1. The summed E-state index contributed by atoms with van der Waals surface area (Å²) in [5, 5.41) is 0. The van der Waals surface area contributed by atoms with Crippen LogP contribution in [0.4, 0.5) is 26.3 Å². The van der Waals surface area contributed by atoms with Crippen LogP contribution in [0.25, 0.3) is 0 Å². The molecule has 11 heteroatoms. The molecule has 0 aliphatic rings. The van der Waals surface area contributed by atoms with Gasteiger partial charge in [-0.25, -0.2) is 9.78 Å².